The van der Waals surface area contributed by atoms with Gasteiger partial charge in [0, 0.05) is 13.1 Å². The second kappa shape index (κ2) is 9.45. The third-order valence-corrected chi connectivity index (χ3v) is 5.42. The van der Waals surface area contributed by atoms with Crippen LogP contribution in [0.15, 0.2) is 36.4 Å². The second-order valence-corrected chi connectivity index (χ2v) is 8.09. The number of halogens is 2. The number of likely N-dealkylation sites (N-methyl/N-ethyl adjacent to an activating group) is 1. The van der Waals surface area contributed by atoms with E-state index in [1.54, 1.807) is 28.4 Å². The third kappa shape index (κ3) is 5.28. The Morgan fingerprint density at radius 3 is 2.43 bits per heavy atom. The molecule has 0 fully saturated rings. The molecule has 0 aliphatic heterocycles. The summed E-state index contributed by atoms with van der Waals surface area (Å²) >= 11 is 1.54. The normalized spacial score (nSPS) is 10.9. The lowest BCUT2D eigenvalue weighted by Gasteiger charge is -2.22. The molecule has 4 nitrogen and oxygen atoms in total. The van der Waals surface area contributed by atoms with Gasteiger partial charge in [0.25, 0.3) is 0 Å². The van der Waals surface area contributed by atoms with Gasteiger partial charge < -0.3 is 4.90 Å². The van der Waals surface area contributed by atoms with Gasteiger partial charge in [0.1, 0.15) is 5.82 Å². The summed E-state index contributed by atoms with van der Waals surface area (Å²) in [5.74, 6) is -0.329. The maximum absolute atomic E-state index is 13.1. The fraction of sp³-hybridized carbons (Fsp3) is 0.333. The molecule has 1 heterocycles. The van der Waals surface area contributed by atoms with Crippen LogP contribution in [0.4, 0.5) is 9.52 Å². The van der Waals surface area contributed by atoms with Crippen LogP contribution in [0.25, 0.3) is 10.2 Å². The number of aromatic nitrogens is 1. The van der Waals surface area contributed by atoms with Crippen LogP contribution in [-0.2, 0) is 11.2 Å². The quantitative estimate of drug-likeness (QED) is 0.583. The first kappa shape index (κ1) is 22.3. The molecule has 0 saturated carbocycles. The van der Waals surface area contributed by atoms with Crippen LogP contribution in [0.3, 0.4) is 0 Å². The minimum atomic E-state index is -0.298. The summed E-state index contributed by atoms with van der Waals surface area (Å²) in [6.45, 7) is 5.41. The molecule has 0 saturated heterocycles. The predicted molar refractivity (Wildman–Crippen MR) is 117 cm³/mol. The van der Waals surface area contributed by atoms with Gasteiger partial charge in [0.15, 0.2) is 5.13 Å². The topological polar surface area (TPSA) is 36.4 Å². The average Bonchev–Trinajstić information content (AvgIpc) is 3.00. The first-order valence-corrected chi connectivity index (χ1v) is 9.72. The van der Waals surface area contributed by atoms with Crippen LogP contribution in [0, 0.1) is 19.7 Å². The van der Waals surface area contributed by atoms with Crippen LogP contribution >= 0.6 is 23.7 Å². The Morgan fingerprint density at radius 1 is 1.11 bits per heavy atom. The Balaban J connectivity index is 0.00000280. The molecule has 0 bridgehead atoms. The number of thiazole rings is 1. The maximum Gasteiger partial charge on any atom is 0.233 e. The molecule has 3 rings (SSSR count). The summed E-state index contributed by atoms with van der Waals surface area (Å²) in [5.41, 5.74) is 4.05. The molecule has 150 valence electrons. The Bertz CT molecular complexity index is 956. The molecule has 0 aliphatic rings. The SMILES string of the molecule is Cc1cc(C)c2nc(N(CCN(C)C)C(=O)Cc3ccc(F)cc3)sc2c1.Cl. The largest absolute Gasteiger partial charge is 0.308 e. The summed E-state index contributed by atoms with van der Waals surface area (Å²) in [4.78, 5) is 21.6. The Morgan fingerprint density at radius 2 is 1.79 bits per heavy atom. The Kier molecular flexibility index (Phi) is 7.52. The molecule has 1 aromatic heterocycles. The summed E-state index contributed by atoms with van der Waals surface area (Å²) in [5, 5.41) is 0.715. The first-order chi connectivity index (χ1) is 12.8. The minimum absolute atomic E-state index is 0. The van der Waals surface area contributed by atoms with Crippen molar-refractivity contribution < 1.29 is 9.18 Å². The van der Waals surface area contributed by atoms with Crippen molar-refractivity contribution in [3.05, 3.63) is 58.9 Å². The number of nitrogens with zero attached hydrogens (tertiary/aromatic N) is 3. The molecular formula is C21H25ClFN3OS. The standard InChI is InChI=1S/C21H24FN3OS.ClH/c1-14-11-15(2)20-18(12-14)27-21(23-20)25(10-9-24(3)4)19(26)13-16-5-7-17(22)8-6-16;/h5-8,11-12H,9-10,13H2,1-4H3;1H. The third-order valence-electron chi connectivity index (χ3n) is 4.39. The molecule has 0 spiro atoms. The zero-order valence-electron chi connectivity index (χ0n) is 16.5. The Labute approximate surface area is 175 Å². The number of anilines is 1. The van der Waals surface area contributed by atoms with Crippen molar-refractivity contribution >= 4 is 45.0 Å². The van der Waals surface area contributed by atoms with E-state index in [9.17, 15) is 9.18 Å². The summed E-state index contributed by atoms with van der Waals surface area (Å²) in [7, 11) is 3.96. The van der Waals surface area contributed by atoms with Crippen molar-refractivity contribution in [3.63, 3.8) is 0 Å². The van der Waals surface area contributed by atoms with E-state index in [2.05, 4.69) is 19.1 Å². The van der Waals surface area contributed by atoms with Gasteiger partial charge in [-0.05, 0) is 62.8 Å². The van der Waals surface area contributed by atoms with E-state index in [0.717, 1.165) is 27.9 Å². The number of aryl methyl sites for hydroxylation is 2. The molecule has 0 unspecified atom stereocenters. The van der Waals surface area contributed by atoms with Gasteiger partial charge in [-0.2, -0.15) is 0 Å². The number of carbonyl (C=O) groups is 1. The van der Waals surface area contributed by atoms with E-state index < -0.39 is 0 Å². The highest BCUT2D eigenvalue weighted by atomic mass is 35.5. The van der Waals surface area contributed by atoms with E-state index in [1.165, 1.54) is 17.7 Å². The van der Waals surface area contributed by atoms with Crippen LogP contribution in [-0.4, -0.2) is 43.0 Å². The molecule has 0 aliphatic carbocycles. The fourth-order valence-electron chi connectivity index (χ4n) is 2.97. The number of fused-ring (bicyclic) bond motifs is 1. The number of rotatable bonds is 6. The lowest BCUT2D eigenvalue weighted by Crippen LogP contribution is -2.37. The highest BCUT2D eigenvalue weighted by Gasteiger charge is 2.21. The van der Waals surface area contributed by atoms with E-state index in [-0.39, 0.29) is 30.6 Å². The van der Waals surface area contributed by atoms with Crippen molar-refractivity contribution in [3.8, 4) is 0 Å². The average molecular weight is 422 g/mol. The van der Waals surface area contributed by atoms with Gasteiger partial charge in [-0.1, -0.05) is 29.5 Å². The highest BCUT2D eigenvalue weighted by molar-refractivity contribution is 7.22. The molecule has 2 aromatic carbocycles. The minimum Gasteiger partial charge on any atom is -0.308 e. The van der Waals surface area contributed by atoms with Gasteiger partial charge in [-0.15, -0.1) is 12.4 Å². The molecule has 1 amide bonds. The van der Waals surface area contributed by atoms with Crippen molar-refractivity contribution in [1.82, 2.24) is 9.88 Å². The van der Waals surface area contributed by atoms with Crippen LogP contribution < -0.4 is 4.90 Å². The van der Waals surface area contributed by atoms with Crippen molar-refractivity contribution in [2.45, 2.75) is 20.3 Å². The number of amides is 1. The van der Waals surface area contributed by atoms with Gasteiger partial charge in [-0.3, -0.25) is 9.69 Å². The molecule has 0 atom stereocenters. The molecular weight excluding hydrogens is 397 g/mol. The van der Waals surface area contributed by atoms with Crippen LogP contribution in [0.5, 0.6) is 0 Å². The van der Waals surface area contributed by atoms with E-state index >= 15 is 0 Å². The predicted octanol–water partition coefficient (Wildman–Crippen LogP) is 4.61. The van der Waals surface area contributed by atoms with Gasteiger partial charge in [-0.25, -0.2) is 9.37 Å². The van der Waals surface area contributed by atoms with E-state index in [0.29, 0.717) is 11.7 Å². The molecule has 0 radical (unpaired) electrons. The van der Waals surface area contributed by atoms with Crippen molar-refractivity contribution in [2.75, 3.05) is 32.1 Å². The Hall–Kier alpha value is -2.02. The monoisotopic (exact) mass is 421 g/mol. The lowest BCUT2D eigenvalue weighted by molar-refractivity contribution is -0.118. The van der Waals surface area contributed by atoms with Gasteiger partial charge in [0.05, 0.1) is 16.6 Å². The lowest BCUT2D eigenvalue weighted by atomic mass is 10.1. The van der Waals surface area contributed by atoms with Gasteiger partial charge >= 0.3 is 0 Å². The van der Waals surface area contributed by atoms with Gasteiger partial charge in [0.2, 0.25) is 5.91 Å². The number of benzene rings is 2. The molecule has 7 heteroatoms. The summed E-state index contributed by atoms with van der Waals surface area (Å²) in [6, 6.07) is 10.3. The van der Waals surface area contributed by atoms with Crippen LogP contribution in [0.1, 0.15) is 16.7 Å². The van der Waals surface area contributed by atoms with Crippen molar-refractivity contribution in [1.29, 1.82) is 0 Å². The zero-order valence-corrected chi connectivity index (χ0v) is 18.2. The maximum atomic E-state index is 13.1. The summed E-state index contributed by atoms with van der Waals surface area (Å²) in [6.07, 6.45) is 0.224. The van der Waals surface area contributed by atoms with Crippen LogP contribution in [0.2, 0.25) is 0 Å². The number of hydrogen-bond donors (Lipinski definition) is 0. The van der Waals surface area contributed by atoms with E-state index in [1.807, 2.05) is 25.9 Å². The smallest absolute Gasteiger partial charge is 0.233 e. The molecule has 3 aromatic rings. The fourth-order valence-corrected chi connectivity index (χ4v) is 4.16. The zero-order chi connectivity index (χ0) is 19.6. The summed E-state index contributed by atoms with van der Waals surface area (Å²) < 4.78 is 14.2. The highest BCUT2D eigenvalue weighted by Crippen LogP contribution is 2.32. The first-order valence-electron chi connectivity index (χ1n) is 8.91. The number of carbonyl (C=O) groups excluding carboxylic acids is 1. The number of hydrogen-bond acceptors (Lipinski definition) is 4. The molecule has 0 N–H and O–H groups in total. The second-order valence-electron chi connectivity index (χ2n) is 7.08. The molecule has 28 heavy (non-hydrogen) atoms. The van der Waals surface area contributed by atoms with Crippen molar-refractivity contribution in [2.24, 2.45) is 0 Å². The van der Waals surface area contributed by atoms with E-state index in [4.69, 9.17) is 4.98 Å².